The molecular weight excluding hydrogens is 475 g/mol. The number of hydrogen-bond donors (Lipinski definition) is 3. The van der Waals surface area contributed by atoms with Gasteiger partial charge in [-0.25, -0.2) is 27.5 Å². The minimum Gasteiger partial charge on any atom is -0.443 e. The Morgan fingerprint density at radius 3 is 2.69 bits per heavy atom. The molecule has 1 aliphatic rings. The van der Waals surface area contributed by atoms with Crippen LogP contribution in [-0.4, -0.2) is 49.2 Å². The Balaban J connectivity index is 1.32. The number of nitrogens with one attached hydrogen (secondary N) is 3. The number of benzene rings is 1. The van der Waals surface area contributed by atoms with Crippen LogP contribution in [0.15, 0.2) is 42.7 Å². The average Bonchev–Trinajstić information content (AvgIpc) is 3.52. The monoisotopic (exact) mass is 499 g/mol. The van der Waals surface area contributed by atoms with Crippen molar-refractivity contribution in [2.24, 2.45) is 0 Å². The summed E-state index contributed by atoms with van der Waals surface area (Å²) in [6, 6.07) is 6.42. The molecular formula is C24H24F3N7O2. The standard InChI is InChI=1S/C24H24F3N7O2/c1-12(2)29-24(35)36-20-4-3-16(22(20)27)18-11-21(32-31-18)30-23-19-10-17(33-34(19)6-5-28-23)13-7-14(25)9-15(26)8-13/h5-12,16,20,22H,3-4H2,1-2H3,(H,29,35)(H2,28,30,31,32)/t16-,20-,22+/m1/s1. The van der Waals surface area contributed by atoms with Crippen LogP contribution in [0.3, 0.4) is 0 Å². The zero-order valence-corrected chi connectivity index (χ0v) is 19.5. The molecule has 1 aromatic carbocycles. The summed E-state index contributed by atoms with van der Waals surface area (Å²) in [5, 5.41) is 17.1. The number of aromatic amines is 1. The Kier molecular flexibility index (Phi) is 6.25. The van der Waals surface area contributed by atoms with E-state index in [0.717, 1.165) is 6.07 Å². The predicted octanol–water partition coefficient (Wildman–Crippen LogP) is 4.86. The summed E-state index contributed by atoms with van der Waals surface area (Å²) in [7, 11) is 0. The highest BCUT2D eigenvalue weighted by atomic mass is 19.1. The third kappa shape index (κ3) is 4.83. The van der Waals surface area contributed by atoms with Gasteiger partial charge in [-0.3, -0.25) is 5.10 Å². The molecule has 3 heterocycles. The van der Waals surface area contributed by atoms with Crippen molar-refractivity contribution >= 4 is 23.2 Å². The lowest BCUT2D eigenvalue weighted by molar-refractivity contribution is 0.0555. The fourth-order valence-electron chi connectivity index (χ4n) is 4.35. The van der Waals surface area contributed by atoms with E-state index in [1.54, 1.807) is 32.2 Å². The van der Waals surface area contributed by atoms with Gasteiger partial charge >= 0.3 is 6.09 Å². The van der Waals surface area contributed by atoms with Crippen molar-refractivity contribution < 1.29 is 22.7 Å². The van der Waals surface area contributed by atoms with E-state index in [-0.39, 0.29) is 6.04 Å². The average molecular weight is 499 g/mol. The number of alkyl halides is 1. The third-order valence-corrected chi connectivity index (χ3v) is 5.96. The number of carbonyl (C=O) groups excluding carboxylic acids is 1. The smallest absolute Gasteiger partial charge is 0.407 e. The first-order valence-corrected chi connectivity index (χ1v) is 11.5. The summed E-state index contributed by atoms with van der Waals surface area (Å²) >= 11 is 0. The number of fused-ring (bicyclic) bond motifs is 1. The van der Waals surface area contributed by atoms with Crippen molar-refractivity contribution in [2.45, 2.75) is 50.9 Å². The second-order valence-corrected chi connectivity index (χ2v) is 9.00. The largest absolute Gasteiger partial charge is 0.443 e. The maximum Gasteiger partial charge on any atom is 0.407 e. The molecule has 0 aliphatic heterocycles. The highest BCUT2D eigenvalue weighted by Crippen LogP contribution is 2.38. The van der Waals surface area contributed by atoms with E-state index in [9.17, 15) is 13.6 Å². The third-order valence-electron chi connectivity index (χ3n) is 5.96. The summed E-state index contributed by atoms with van der Waals surface area (Å²) in [6.45, 7) is 3.60. The van der Waals surface area contributed by atoms with Crippen molar-refractivity contribution in [1.82, 2.24) is 30.1 Å². The van der Waals surface area contributed by atoms with Crippen LogP contribution < -0.4 is 10.6 Å². The first kappa shape index (κ1) is 23.6. The molecule has 1 amide bonds. The van der Waals surface area contributed by atoms with Gasteiger partial charge in [0.2, 0.25) is 0 Å². The highest BCUT2D eigenvalue weighted by molar-refractivity contribution is 5.77. The van der Waals surface area contributed by atoms with Gasteiger partial charge in [0.15, 0.2) is 11.6 Å². The van der Waals surface area contributed by atoms with Crippen LogP contribution in [0.2, 0.25) is 0 Å². The lowest BCUT2D eigenvalue weighted by Crippen LogP contribution is -2.36. The van der Waals surface area contributed by atoms with Gasteiger partial charge in [-0.05, 0) is 44.9 Å². The molecule has 1 fully saturated rings. The fraction of sp³-hybridized carbons (Fsp3) is 0.333. The van der Waals surface area contributed by atoms with Gasteiger partial charge in [0, 0.05) is 47.7 Å². The number of halogens is 3. The Bertz CT molecular complexity index is 1380. The Morgan fingerprint density at radius 2 is 1.94 bits per heavy atom. The number of nitrogens with zero attached hydrogens (tertiary/aromatic N) is 4. The lowest BCUT2D eigenvalue weighted by Gasteiger charge is -2.18. The van der Waals surface area contributed by atoms with Crippen molar-refractivity contribution in [2.75, 3.05) is 5.32 Å². The number of H-pyrrole nitrogens is 1. The summed E-state index contributed by atoms with van der Waals surface area (Å²) < 4.78 is 49.2. The van der Waals surface area contributed by atoms with E-state index in [2.05, 4.69) is 30.9 Å². The van der Waals surface area contributed by atoms with Crippen LogP contribution in [0.5, 0.6) is 0 Å². The SMILES string of the molecule is CC(C)NC(=O)O[C@@H]1CC[C@H](c2cc(Nc3nccn4nc(-c5cc(F)cc(F)c5)cc34)n[nH]2)[C@@H]1F. The topological polar surface area (TPSA) is 109 Å². The van der Waals surface area contributed by atoms with Crippen LogP contribution in [0.25, 0.3) is 16.8 Å². The van der Waals surface area contributed by atoms with Crippen LogP contribution in [0.1, 0.15) is 38.3 Å². The molecule has 0 unspecified atom stereocenters. The van der Waals surface area contributed by atoms with E-state index >= 15 is 4.39 Å². The summed E-state index contributed by atoms with van der Waals surface area (Å²) in [4.78, 5) is 16.2. The number of hydrogen-bond acceptors (Lipinski definition) is 6. The Morgan fingerprint density at radius 1 is 1.17 bits per heavy atom. The molecule has 1 aliphatic carbocycles. The van der Waals surface area contributed by atoms with Gasteiger partial charge in [-0.1, -0.05) is 0 Å². The molecule has 0 spiro atoms. The van der Waals surface area contributed by atoms with E-state index in [1.165, 1.54) is 22.8 Å². The van der Waals surface area contributed by atoms with Crippen molar-refractivity contribution in [3.05, 3.63) is 60.1 Å². The number of amides is 1. The Labute approximate surface area is 204 Å². The Hall–Kier alpha value is -4.09. The molecule has 3 N–H and O–H groups in total. The molecule has 9 nitrogen and oxygen atoms in total. The molecule has 188 valence electrons. The molecule has 0 bridgehead atoms. The van der Waals surface area contributed by atoms with Crippen LogP contribution in [-0.2, 0) is 4.74 Å². The summed E-state index contributed by atoms with van der Waals surface area (Å²) in [6.07, 6.45) is 1.18. The van der Waals surface area contributed by atoms with Gasteiger partial charge in [0.05, 0.1) is 5.69 Å². The molecule has 0 saturated heterocycles. The molecule has 3 aromatic heterocycles. The van der Waals surface area contributed by atoms with Gasteiger partial charge in [0.25, 0.3) is 0 Å². The van der Waals surface area contributed by atoms with E-state index in [1.807, 2.05) is 0 Å². The number of rotatable bonds is 6. The van der Waals surface area contributed by atoms with Crippen LogP contribution in [0.4, 0.5) is 29.6 Å². The second-order valence-electron chi connectivity index (χ2n) is 9.00. The minimum absolute atomic E-state index is 0.103. The molecule has 0 radical (unpaired) electrons. The first-order chi connectivity index (χ1) is 17.3. The minimum atomic E-state index is -1.37. The van der Waals surface area contributed by atoms with E-state index < -0.39 is 35.9 Å². The van der Waals surface area contributed by atoms with E-state index in [0.29, 0.717) is 46.9 Å². The predicted molar refractivity (Wildman–Crippen MR) is 126 cm³/mol. The van der Waals surface area contributed by atoms with E-state index in [4.69, 9.17) is 4.74 Å². The molecule has 36 heavy (non-hydrogen) atoms. The van der Waals surface area contributed by atoms with Crippen LogP contribution >= 0.6 is 0 Å². The molecule has 12 heteroatoms. The fourth-order valence-corrected chi connectivity index (χ4v) is 4.35. The van der Waals surface area contributed by atoms with Crippen molar-refractivity contribution in [3.63, 3.8) is 0 Å². The number of aromatic nitrogens is 5. The number of carbonyl (C=O) groups is 1. The van der Waals surface area contributed by atoms with Gasteiger partial charge in [-0.2, -0.15) is 10.2 Å². The quantitative estimate of drug-likeness (QED) is 0.350. The highest BCUT2D eigenvalue weighted by Gasteiger charge is 2.40. The maximum absolute atomic E-state index is 15.1. The molecule has 1 saturated carbocycles. The van der Waals surface area contributed by atoms with Crippen molar-refractivity contribution in [3.8, 4) is 11.3 Å². The number of ether oxygens (including phenoxy) is 1. The van der Waals surface area contributed by atoms with Gasteiger partial charge in [-0.15, -0.1) is 0 Å². The van der Waals surface area contributed by atoms with Crippen molar-refractivity contribution in [1.29, 1.82) is 0 Å². The lowest BCUT2D eigenvalue weighted by atomic mass is 10.0. The molecule has 5 rings (SSSR count). The second kappa shape index (κ2) is 9.51. The van der Waals surface area contributed by atoms with Gasteiger partial charge in [0.1, 0.15) is 29.4 Å². The summed E-state index contributed by atoms with van der Waals surface area (Å²) in [5.41, 5.74) is 1.77. The zero-order valence-electron chi connectivity index (χ0n) is 19.5. The zero-order chi connectivity index (χ0) is 25.4. The molecule has 3 atom stereocenters. The summed E-state index contributed by atoms with van der Waals surface area (Å²) in [5.74, 6) is -1.10. The van der Waals surface area contributed by atoms with Crippen LogP contribution in [0, 0.1) is 11.6 Å². The van der Waals surface area contributed by atoms with Gasteiger partial charge < -0.3 is 15.4 Å². The number of anilines is 2. The maximum atomic E-state index is 15.1. The molecule has 4 aromatic rings. The normalized spacial score (nSPS) is 19.7. The first-order valence-electron chi connectivity index (χ1n) is 11.5. The number of alkyl carbamates (subject to hydrolysis) is 1.